The molecule has 8 heteroatoms. The normalized spacial score (nSPS) is 10.9. The number of phenols is 1. The van der Waals surface area contributed by atoms with Crippen LogP contribution >= 0.6 is 0 Å². The van der Waals surface area contributed by atoms with Crippen molar-refractivity contribution in [3.63, 3.8) is 0 Å². The van der Waals surface area contributed by atoms with Crippen LogP contribution in [0.25, 0.3) is 0 Å². The molecule has 0 aliphatic carbocycles. The van der Waals surface area contributed by atoms with Crippen molar-refractivity contribution in [3.8, 4) is 11.8 Å². The molecule has 2 aromatic rings. The molecule has 2 rings (SSSR count). The van der Waals surface area contributed by atoms with E-state index in [0.717, 1.165) is 30.3 Å². The smallest absolute Gasteiger partial charge is 0.417 e. The van der Waals surface area contributed by atoms with Crippen molar-refractivity contribution in [1.82, 2.24) is 0 Å². The van der Waals surface area contributed by atoms with Crippen molar-refractivity contribution in [2.24, 2.45) is 0 Å². The van der Waals surface area contributed by atoms with Crippen LogP contribution in [0.1, 0.15) is 21.5 Å². The second-order valence-electron chi connectivity index (χ2n) is 4.49. The summed E-state index contributed by atoms with van der Waals surface area (Å²) in [4.78, 5) is 11.9. The van der Waals surface area contributed by atoms with Gasteiger partial charge in [0, 0.05) is 5.69 Å². The molecule has 2 N–H and O–H groups in total. The summed E-state index contributed by atoms with van der Waals surface area (Å²) in [6.07, 6.45) is -4.70. The van der Waals surface area contributed by atoms with E-state index in [1.807, 2.05) is 0 Å². The molecule has 0 aliphatic heterocycles. The number of benzene rings is 2. The van der Waals surface area contributed by atoms with Crippen molar-refractivity contribution < 1.29 is 27.5 Å². The number of amides is 1. The fourth-order valence-electron chi connectivity index (χ4n) is 1.85. The molecule has 0 aliphatic rings. The van der Waals surface area contributed by atoms with Gasteiger partial charge in [0.25, 0.3) is 5.91 Å². The van der Waals surface area contributed by atoms with E-state index in [1.54, 1.807) is 0 Å². The number of halogens is 4. The maximum atomic E-state index is 13.1. The Morgan fingerprint density at radius 2 is 1.87 bits per heavy atom. The molecule has 0 heterocycles. The Hall–Kier alpha value is -3.08. The van der Waals surface area contributed by atoms with Crippen molar-refractivity contribution in [1.29, 1.82) is 5.26 Å². The molecular formula is C15H8F4N2O2. The quantitative estimate of drug-likeness (QED) is 0.828. The fraction of sp³-hybridized carbons (Fsp3) is 0.0667. The lowest BCUT2D eigenvalue weighted by Crippen LogP contribution is -2.14. The zero-order chi connectivity index (χ0) is 17.2. The Balaban J connectivity index is 2.32. The third-order valence-corrected chi connectivity index (χ3v) is 2.91. The molecular weight excluding hydrogens is 316 g/mol. The number of hydrogen-bond donors (Lipinski definition) is 2. The predicted molar refractivity (Wildman–Crippen MR) is 72.2 cm³/mol. The van der Waals surface area contributed by atoms with Crippen LogP contribution in [-0.2, 0) is 6.18 Å². The molecule has 0 fully saturated rings. The number of nitrogens with one attached hydrogen (secondary N) is 1. The van der Waals surface area contributed by atoms with E-state index in [9.17, 15) is 27.5 Å². The predicted octanol–water partition coefficient (Wildman–Crippen LogP) is 3.67. The highest BCUT2D eigenvalue weighted by atomic mass is 19.4. The van der Waals surface area contributed by atoms with E-state index in [1.165, 1.54) is 6.07 Å². The van der Waals surface area contributed by atoms with E-state index >= 15 is 0 Å². The summed E-state index contributed by atoms with van der Waals surface area (Å²) < 4.78 is 51.1. The van der Waals surface area contributed by atoms with E-state index in [-0.39, 0.29) is 11.3 Å². The zero-order valence-corrected chi connectivity index (χ0v) is 11.3. The number of nitrogens with zero attached hydrogens (tertiary/aromatic N) is 1. The van der Waals surface area contributed by atoms with Crippen molar-refractivity contribution in [2.45, 2.75) is 6.18 Å². The first-order valence-corrected chi connectivity index (χ1v) is 6.13. The van der Waals surface area contributed by atoms with Gasteiger partial charge in [-0.3, -0.25) is 4.79 Å². The van der Waals surface area contributed by atoms with Crippen LogP contribution in [0.2, 0.25) is 0 Å². The largest absolute Gasteiger partial charge is 0.507 e. The van der Waals surface area contributed by atoms with Gasteiger partial charge in [0.1, 0.15) is 11.6 Å². The summed E-state index contributed by atoms with van der Waals surface area (Å²) in [5.41, 5.74) is -2.28. The summed E-state index contributed by atoms with van der Waals surface area (Å²) in [5, 5.41) is 20.5. The van der Waals surface area contributed by atoms with Crippen LogP contribution in [0.3, 0.4) is 0 Å². The number of carbonyl (C=O) groups is 1. The fourth-order valence-corrected chi connectivity index (χ4v) is 1.85. The third kappa shape index (κ3) is 3.58. The lowest BCUT2D eigenvalue weighted by atomic mass is 10.1. The first-order chi connectivity index (χ1) is 10.7. The lowest BCUT2D eigenvalue weighted by Gasteiger charge is -2.11. The van der Waals surface area contributed by atoms with Gasteiger partial charge >= 0.3 is 6.18 Å². The minimum Gasteiger partial charge on any atom is -0.507 e. The average molecular weight is 324 g/mol. The lowest BCUT2D eigenvalue weighted by molar-refractivity contribution is -0.137. The number of phenolic OH excluding ortho intramolecular Hbond substituents is 1. The summed E-state index contributed by atoms with van der Waals surface area (Å²) in [7, 11) is 0. The molecule has 2 aromatic carbocycles. The Morgan fingerprint density at radius 3 is 2.48 bits per heavy atom. The molecule has 0 unspecified atom stereocenters. The van der Waals surface area contributed by atoms with E-state index in [0.29, 0.717) is 6.07 Å². The molecule has 0 bridgehead atoms. The van der Waals surface area contributed by atoms with E-state index < -0.39 is 34.8 Å². The van der Waals surface area contributed by atoms with Gasteiger partial charge < -0.3 is 10.4 Å². The third-order valence-electron chi connectivity index (χ3n) is 2.91. The first kappa shape index (κ1) is 16.3. The monoisotopic (exact) mass is 324 g/mol. The van der Waals surface area contributed by atoms with Crippen molar-refractivity contribution in [3.05, 3.63) is 58.9 Å². The Morgan fingerprint density at radius 1 is 1.17 bits per heavy atom. The second-order valence-corrected chi connectivity index (χ2v) is 4.49. The molecule has 0 radical (unpaired) electrons. The van der Waals surface area contributed by atoms with Crippen LogP contribution in [0.4, 0.5) is 23.2 Å². The van der Waals surface area contributed by atoms with Gasteiger partial charge in [0.05, 0.1) is 22.8 Å². The van der Waals surface area contributed by atoms with E-state index in [4.69, 9.17) is 5.26 Å². The van der Waals surface area contributed by atoms with Gasteiger partial charge in [-0.2, -0.15) is 18.4 Å². The van der Waals surface area contributed by atoms with Crippen molar-refractivity contribution >= 4 is 11.6 Å². The van der Waals surface area contributed by atoms with Gasteiger partial charge in [-0.1, -0.05) is 0 Å². The summed E-state index contributed by atoms with van der Waals surface area (Å²) in [5.74, 6) is -2.18. The molecule has 23 heavy (non-hydrogen) atoms. The van der Waals surface area contributed by atoms with Crippen molar-refractivity contribution in [2.75, 3.05) is 5.32 Å². The number of alkyl halides is 3. The standard InChI is InChI=1S/C15H8F4N2O2/c16-9-1-4-13(22)11(6-9)14(23)21-10-2-3-12(15(17,18)19)8(5-10)7-20/h1-6,22H,(H,21,23). The van der Waals surface area contributed by atoms with Gasteiger partial charge in [-0.05, 0) is 36.4 Å². The Labute approximate surface area is 127 Å². The molecule has 0 aromatic heterocycles. The Kier molecular flexibility index (Phi) is 4.22. The maximum absolute atomic E-state index is 13.1. The summed E-state index contributed by atoms with van der Waals surface area (Å²) in [6.45, 7) is 0. The molecule has 1 amide bonds. The summed E-state index contributed by atoms with van der Waals surface area (Å²) >= 11 is 0. The van der Waals surface area contributed by atoms with Crippen LogP contribution in [-0.4, -0.2) is 11.0 Å². The molecule has 118 valence electrons. The highest BCUT2D eigenvalue weighted by Gasteiger charge is 2.33. The zero-order valence-electron chi connectivity index (χ0n) is 11.3. The van der Waals surface area contributed by atoms with Gasteiger partial charge in [-0.15, -0.1) is 0 Å². The van der Waals surface area contributed by atoms with Gasteiger partial charge in [-0.25, -0.2) is 4.39 Å². The van der Waals surface area contributed by atoms with Crippen LogP contribution in [0.15, 0.2) is 36.4 Å². The van der Waals surface area contributed by atoms with Gasteiger partial charge in [0.2, 0.25) is 0 Å². The number of carbonyl (C=O) groups excluding carboxylic acids is 1. The number of anilines is 1. The first-order valence-electron chi connectivity index (χ1n) is 6.13. The molecule has 0 saturated heterocycles. The highest BCUT2D eigenvalue weighted by Crippen LogP contribution is 2.33. The van der Waals surface area contributed by atoms with Crippen LogP contribution in [0, 0.1) is 17.1 Å². The molecule has 4 nitrogen and oxygen atoms in total. The molecule has 0 spiro atoms. The number of aromatic hydroxyl groups is 1. The number of nitriles is 1. The summed E-state index contributed by atoms with van der Waals surface area (Å²) in [6, 6.07) is 6.54. The molecule has 0 atom stereocenters. The number of hydrogen-bond acceptors (Lipinski definition) is 3. The topological polar surface area (TPSA) is 73.1 Å². The average Bonchev–Trinajstić information content (AvgIpc) is 2.48. The molecule has 0 saturated carbocycles. The maximum Gasteiger partial charge on any atom is 0.417 e. The minimum absolute atomic E-state index is 0.0942. The number of rotatable bonds is 2. The van der Waals surface area contributed by atoms with Crippen LogP contribution < -0.4 is 5.32 Å². The van der Waals surface area contributed by atoms with Crippen LogP contribution in [0.5, 0.6) is 5.75 Å². The van der Waals surface area contributed by atoms with E-state index in [2.05, 4.69) is 5.32 Å². The van der Waals surface area contributed by atoms with Gasteiger partial charge in [0.15, 0.2) is 0 Å². The highest BCUT2D eigenvalue weighted by molar-refractivity contribution is 6.06. The second kappa shape index (κ2) is 5.96. The minimum atomic E-state index is -4.70. The Bertz CT molecular complexity index is 810. The SMILES string of the molecule is N#Cc1cc(NC(=O)c2cc(F)ccc2O)ccc1C(F)(F)F.